The molecule has 0 unspecified atom stereocenters. The number of hydrogen-bond acceptors (Lipinski definition) is 4. The summed E-state index contributed by atoms with van der Waals surface area (Å²) in [6.45, 7) is 0. The van der Waals surface area contributed by atoms with Gasteiger partial charge in [0.1, 0.15) is 0 Å². The second-order valence-corrected chi connectivity index (χ2v) is 19.0. The van der Waals surface area contributed by atoms with Crippen molar-refractivity contribution >= 4 is 53.3 Å². The Hall–Kier alpha value is -6.43. The first-order valence-corrected chi connectivity index (χ1v) is 22.5. The number of hydrogen-bond donors (Lipinski definition) is 0. The van der Waals surface area contributed by atoms with Gasteiger partial charge in [-0.25, -0.2) is 15.0 Å². The average Bonchev–Trinajstić information content (AvgIpc) is 3.94. The van der Waals surface area contributed by atoms with Gasteiger partial charge in [0.25, 0.3) is 0 Å². The van der Waals surface area contributed by atoms with Crippen molar-refractivity contribution in [1.29, 1.82) is 0 Å². The second kappa shape index (κ2) is 12.3. The number of rotatable bonds is 4. The summed E-state index contributed by atoms with van der Waals surface area (Å²) in [5.41, 5.74) is 12.7. The van der Waals surface area contributed by atoms with E-state index in [-0.39, 0.29) is 5.41 Å². The lowest BCUT2D eigenvalue weighted by Gasteiger charge is -2.61. The lowest BCUT2D eigenvalue weighted by molar-refractivity contribution is -0.0398. The Labute approximate surface area is 352 Å². The standard InChI is InChI=1S/C55H40N4S/c1-3-13-34(14-4-1)52-56-53(40-19-11-23-47-50(40)39-18-8-10-22-46(39)59(47)37-15-5-2-6-16-37)58-54(57-52)41-20-12-24-48-51(41)43-30-45-42(31-49(43)60-48)38-17-7-9-21-44(38)55(45)35-26-32-25-33(28-35)29-36(55)27-32/h1-24,30-33,35-36H,25-29H2. The van der Waals surface area contributed by atoms with Crippen LogP contribution >= 0.6 is 11.3 Å². The molecule has 0 amide bonds. The number of thiophene rings is 1. The number of fused-ring (bicyclic) bond motifs is 9. The van der Waals surface area contributed by atoms with Crippen LogP contribution in [0.4, 0.5) is 0 Å². The predicted octanol–water partition coefficient (Wildman–Crippen LogP) is 14.1. The van der Waals surface area contributed by atoms with Crippen molar-refractivity contribution in [2.75, 3.05) is 0 Å². The van der Waals surface area contributed by atoms with E-state index < -0.39 is 0 Å². The van der Waals surface area contributed by atoms with Crippen LogP contribution in [0.5, 0.6) is 0 Å². The van der Waals surface area contributed by atoms with Crippen LogP contribution in [0.3, 0.4) is 0 Å². The normalized spacial score (nSPS) is 22.4. The van der Waals surface area contributed by atoms with Crippen LogP contribution in [-0.4, -0.2) is 19.5 Å². The fraction of sp³-hybridized carbons (Fsp3) is 0.182. The molecule has 5 aliphatic carbocycles. The molecular formula is C55H40N4S. The Morgan fingerprint density at radius 2 is 1.07 bits per heavy atom. The topological polar surface area (TPSA) is 43.6 Å². The quantitative estimate of drug-likeness (QED) is 0.178. The van der Waals surface area contributed by atoms with Crippen molar-refractivity contribution in [3.05, 3.63) is 169 Å². The highest BCUT2D eigenvalue weighted by Gasteiger charge is 2.61. The van der Waals surface area contributed by atoms with Crippen LogP contribution in [0.15, 0.2) is 158 Å². The number of nitrogens with zero attached hydrogens (tertiary/aromatic N) is 4. The molecular weight excluding hydrogens is 749 g/mol. The fourth-order valence-electron chi connectivity index (χ4n) is 13.0. The highest BCUT2D eigenvalue weighted by atomic mass is 32.1. The molecule has 1 spiro atoms. The molecule has 7 aromatic carbocycles. The number of benzene rings is 7. The van der Waals surface area contributed by atoms with Gasteiger partial charge in [-0.3, -0.25) is 0 Å². The minimum atomic E-state index is 0.106. The van der Waals surface area contributed by atoms with Gasteiger partial charge in [-0.1, -0.05) is 115 Å². The molecule has 3 aromatic heterocycles. The third-order valence-corrected chi connectivity index (χ3v) is 16.1. The van der Waals surface area contributed by atoms with Crippen molar-refractivity contribution in [2.24, 2.45) is 23.7 Å². The Morgan fingerprint density at radius 3 is 1.85 bits per heavy atom. The first-order valence-electron chi connectivity index (χ1n) is 21.7. The zero-order chi connectivity index (χ0) is 39.1. The van der Waals surface area contributed by atoms with Gasteiger partial charge >= 0.3 is 0 Å². The van der Waals surface area contributed by atoms with Crippen molar-refractivity contribution in [1.82, 2.24) is 19.5 Å². The molecule has 0 atom stereocenters. The summed E-state index contributed by atoms with van der Waals surface area (Å²) >= 11 is 1.91. The molecule has 0 N–H and O–H groups in total. The molecule has 60 heavy (non-hydrogen) atoms. The van der Waals surface area contributed by atoms with Crippen LogP contribution in [-0.2, 0) is 5.41 Å². The molecule has 4 saturated carbocycles. The van der Waals surface area contributed by atoms with Crippen molar-refractivity contribution in [3.63, 3.8) is 0 Å². The van der Waals surface area contributed by atoms with Gasteiger partial charge in [-0.2, -0.15) is 0 Å². The maximum Gasteiger partial charge on any atom is 0.164 e. The van der Waals surface area contributed by atoms with E-state index in [1.807, 2.05) is 11.3 Å². The Kier molecular flexibility index (Phi) is 6.85. The molecule has 4 nitrogen and oxygen atoms in total. The van der Waals surface area contributed by atoms with E-state index in [1.54, 1.807) is 11.1 Å². The number of para-hydroxylation sites is 2. The average molecular weight is 789 g/mol. The Morgan fingerprint density at radius 1 is 0.450 bits per heavy atom. The van der Waals surface area contributed by atoms with E-state index in [0.29, 0.717) is 29.3 Å². The molecule has 5 aliphatic rings. The molecule has 3 heterocycles. The molecule has 10 aromatic rings. The number of aromatic nitrogens is 4. The van der Waals surface area contributed by atoms with Crippen LogP contribution < -0.4 is 0 Å². The maximum atomic E-state index is 5.50. The third-order valence-electron chi connectivity index (χ3n) is 15.0. The van der Waals surface area contributed by atoms with E-state index in [2.05, 4.69) is 162 Å². The zero-order valence-electron chi connectivity index (χ0n) is 33.1. The third kappa shape index (κ3) is 4.48. The first kappa shape index (κ1) is 33.4. The summed E-state index contributed by atoms with van der Waals surface area (Å²) in [6, 6.07) is 57.7. The minimum Gasteiger partial charge on any atom is -0.309 e. The second-order valence-electron chi connectivity index (χ2n) is 18.0. The summed E-state index contributed by atoms with van der Waals surface area (Å²) < 4.78 is 4.97. The van der Waals surface area contributed by atoms with Gasteiger partial charge in [-0.05, 0) is 120 Å². The lowest BCUT2D eigenvalue weighted by Crippen LogP contribution is -2.55. The molecule has 15 rings (SSSR count). The van der Waals surface area contributed by atoms with Crippen molar-refractivity contribution in [3.8, 4) is 51.0 Å². The van der Waals surface area contributed by atoms with Gasteiger partial charge in [0.2, 0.25) is 0 Å². The van der Waals surface area contributed by atoms with E-state index in [1.165, 1.54) is 68.8 Å². The molecule has 5 heteroatoms. The van der Waals surface area contributed by atoms with Crippen molar-refractivity contribution < 1.29 is 0 Å². The molecule has 0 aliphatic heterocycles. The molecule has 286 valence electrons. The summed E-state index contributed by atoms with van der Waals surface area (Å²) in [5, 5.41) is 4.91. The highest BCUT2D eigenvalue weighted by Crippen LogP contribution is 2.69. The van der Waals surface area contributed by atoms with E-state index in [9.17, 15) is 0 Å². The van der Waals surface area contributed by atoms with Crippen LogP contribution in [0, 0.1) is 23.7 Å². The van der Waals surface area contributed by atoms with Crippen LogP contribution in [0.25, 0.3) is 93.0 Å². The molecule has 4 bridgehead atoms. The fourth-order valence-corrected chi connectivity index (χ4v) is 14.2. The Balaban J connectivity index is 1.02. The SMILES string of the molecule is c1ccc(-c2nc(-c3cccc4sc5cc6c(cc5c34)C3(c4ccccc4-6)C4CC5CC(C4)CC3C5)nc(-c3cccc4c3c3ccccc3n4-c3ccccc3)n2)cc1. The van der Waals surface area contributed by atoms with Gasteiger partial charge in [0, 0.05) is 58.7 Å². The summed E-state index contributed by atoms with van der Waals surface area (Å²) in [5.74, 6) is 5.32. The molecule has 0 radical (unpaired) electrons. The summed E-state index contributed by atoms with van der Waals surface area (Å²) in [7, 11) is 0. The lowest BCUT2D eigenvalue weighted by atomic mass is 9.43. The van der Waals surface area contributed by atoms with Gasteiger partial charge in [0.05, 0.1) is 11.0 Å². The molecule has 4 fully saturated rings. The highest BCUT2D eigenvalue weighted by molar-refractivity contribution is 7.26. The predicted molar refractivity (Wildman–Crippen MR) is 247 cm³/mol. The first-order chi connectivity index (χ1) is 29.7. The summed E-state index contributed by atoms with van der Waals surface area (Å²) in [6.07, 6.45) is 6.96. The van der Waals surface area contributed by atoms with E-state index in [4.69, 9.17) is 15.0 Å². The van der Waals surface area contributed by atoms with E-state index >= 15 is 0 Å². The van der Waals surface area contributed by atoms with Gasteiger partial charge in [-0.15, -0.1) is 11.3 Å². The van der Waals surface area contributed by atoms with Gasteiger partial charge in [0.15, 0.2) is 17.5 Å². The van der Waals surface area contributed by atoms with Crippen molar-refractivity contribution in [2.45, 2.75) is 37.5 Å². The Bertz CT molecular complexity index is 3370. The smallest absolute Gasteiger partial charge is 0.164 e. The van der Waals surface area contributed by atoms with Crippen LogP contribution in [0.1, 0.15) is 43.2 Å². The van der Waals surface area contributed by atoms with Crippen LogP contribution in [0.2, 0.25) is 0 Å². The maximum absolute atomic E-state index is 5.50. The molecule has 0 saturated heterocycles. The summed E-state index contributed by atoms with van der Waals surface area (Å²) in [4.78, 5) is 16.2. The largest absolute Gasteiger partial charge is 0.309 e. The van der Waals surface area contributed by atoms with E-state index in [0.717, 1.165) is 50.6 Å². The minimum absolute atomic E-state index is 0.106. The van der Waals surface area contributed by atoms with Gasteiger partial charge < -0.3 is 4.57 Å². The zero-order valence-corrected chi connectivity index (χ0v) is 33.9. The monoisotopic (exact) mass is 788 g/mol.